The lowest BCUT2D eigenvalue weighted by Crippen LogP contribution is -1.87. The number of nitriles is 1. The van der Waals surface area contributed by atoms with Crippen molar-refractivity contribution in [2.24, 2.45) is 0 Å². The molecule has 1 atom stereocenters. The Morgan fingerprint density at radius 2 is 2.23 bits per heavy atom. The van der Waals surface area contributed by atoms with Gasteiger partial charge in [-0.1, -0.05) is 23.7 Å². The highest BCUT2D eigenvalue weighted by Gasteiger charge is 2.10. The van der Waals surface area contributed by atoms with E-state index in [-0.39, 0.29) is 0 Å². The normalized spacial score (nSPS) is 12.6. The first-order valence-electron chi connectivity index (χ1n) is 3.79. The van der Waals surface area contributed by atoms with Gasteiger partial charge in [-0.25, -0.2) is 4.98 Å². The van der Waals surface area contributed by atoms with Crippen LogP contribution in [0, 0.1) is 11.3 Å². The number of rotatable bonds is 1. The first kappa shape index (κ1) is 8.09. The number of halogens is 1. The topological polar surface area (TPSA) is 52.5 Å². The Labute approximate surface area is 80.0 Å². The molecular weight excluding hydrogens is 186 g/mol. The number of nitrogens with zero attached hydrogens (tertiary/aromatic N) is 2. The minimum atomic E-state index is -0.701. The molecule has 4 heteroatoms. The first-order chi connectivity index (χ1) is 6.31. The van der Waals surface area contributed by atoms with Gasteiger partial charge in [0.2, 0.25) is 0 Å². The van der Waals surface area contributed by atoms with Crippen LogP contribution in [0.4, 0.5) is 0 Å². The van der Waals surface area contributed by atoms with E-state index in [1.54, 1.807) is 0 Å². The molecule has 1 unspecified atom stereocenters. The summed E-state index contributed by atoms with van der Waals surface area (Å²) in [5.41, 5.74) is 1.73. The van der Waals surface area contributed by atoms with E-state index in [1.807, 2.05) is 30.3 Å². The van der Waals surface area contributed by atoms with Crippen LogP contribution in [0.5, 0.6) is 0 Å². The van der Waals surface area contributed by atoms with Crippen molar-refractivity contribution in [1.82, 2.24) is 9.97 Å². The van der Waals surface area contributed by atoms with Gasteiger partial charge in [0, 0.05) is 0 Å². The summed E-state index contributed by atoms with van der Waals surface area (Å²) in [5, 5.41) is 7.87. The molecule has 0 spiro atoms. The standard InChI is InChI=1S/C9H6ClN3/c10-6(5-11)9-12-7-3-1-2-4-8(7)13-9/h1-4,6H,(H,12,13). The maximum absolute atomic E-state index is 8.57. The number of hydrogen-bond donors (Lipinski definition) is 1. The first-order valence-corrected chi connectivity index (χ1v) is 4.23. The van der Waals surface area contributed by atoms with Crippen molar-refractivity contribution >= 4 is 22.6 Å². The minimum absolute atomic E-state index is 0.505. The fourth-order valence-electron chi connectivity index (χ4n) is 1.15. The Morgan fingerprint density at radius 3 is 2.92 bits per heavy atom. The van der Waals surface area contributed by atoms with Crippen molar-refractivity contribution < 1.29 is 0 Å². The third kappa shape index (κ3) is 1.36. The number of hydrogen-bond acceptors (Lipinski definition) is 2. The molecule has 0 aliphatic rings. The second kappa shape index (κ2) is 3.08. The molecule has 1 aromatic carbocycles. The van der Waals surface area contributed by atoms with Crippen LogP contribution in [0.3, 0.4) is 0 Å². The molecule has 0 bridgehead atoms. The molecular formula is C9H6ClN3. The van der Waals surface area contributed by atoms with Crippen LogP contribution in [-0.4, -0.2) is 9.97 Å². The number of nitrogens with one attached hydrogen (secondary N) is 1. The lowest BCUT2D eigenvalue weighted by atomic mass is 10.3. The Kier molecular flexibility index (Phi) is 1.91. The predicted octanol–water partition coefficient (Wildman–Crippen LogP) is 2.37. The van der Waals surface area contributed by atoms with E-state index in [9.17, 15) is 0 Å². The zero-order valence-electron chi connectivity index (χ0n) is 6.66. The van der Waals surface area contributed by atoms with Gasteiger partial charge < -0.3 is 4.98 Å². The van der Waals surface area contributed by atoms with Crippen molar-refractivity contribution in [2.75, 3.05) is 0 Å². The maximum atomic E-state index is 8.57. The van der Waals surface area contributed by atoms with Crippen molar-refractivity contribution in [3.05, 3.63) is 30.1 Å². The second-order valence-corrected chi connectivity index (χ2v) is 3.07. The smallest absolute Gasteiger partial charge is 0.177 e. The number of fused-ring (bicyclic) bond motifs is 1. The number of imidazole rings is 1. The average Bonchev–Trinajstić information content (AvgIpc) is 2.59. The Morgan fingerprint density at radius 1 is 1.46 bits per heavy atom. The molecule has 0 aliphatic heterocycles. The molecule has 0 aliphatic carbocycles. The summed E-state index contributed by atoms with van der Waals surface area (Å²) >= 11 is 5.71. The third-order valence-electron chi connectivity index (χ3n) is 1.76. The van der Waals surface area contributed by atoms with E-state index in [2.05, 4.69) is 9.97 Å². The molecule has 2 aromatic rings. The summed E-state index contributed by atoms with van der Waals surface area (Å²) in [7, 11) is 0. The molecule has 13 heavy (non-hydrogen) atoms. The summed E-state index contributed by atoms with van der Waals surface area (Å²) in [5.74, 6) is 0.505. The van der Waals surface area contributed by atoms with Gasteiger partial charge >= 0.3 is 0 Å². The highest BCUT2D eigenvalue weighted by atomic mass is 35.5. The van der Waals surface area contributed by atoms with Crippen LogP contribution in [0.25, 0.3) is 11.0 Å². The van der Waals surface area contributed by atoms with Crippen LogP contribution in [-0.2, 0) is 0 Å². The third-order valence-corrected chi connectivity index (χ3v) is 2.07. The van der Waals surface area contributed by atoms with Gasteiger partial charge in [-0.2, -0.15) is 5.26 Å². The highest BCUT2D eigenvalue weighted by Crippen LogP contribution is 2.19. The average molecular weight is 192 g/mol. The summed E-state index contributed by atoms with van der Waals surface area (Å²) in [6.07, 6.45) is 0. The van der Waals surface area contributed by atoms with Crippen molar-refractivity contribution in [3.63, 3.8) is 0 Å². The fraction of sp³-hybridized carbons (Fsp3) is 0.111. The number of aromatic amines is 1. The molecule has 3 nitrogen and oxygen atoms in total. The van der Waals surface area contributed by atoms with Crippen LogP contribution in [0.15, 0.2) is 24.3 Å². The Bertz CT molecular complexity index is 436. The predicted molar refractivity (Wildman–Crippen MR) is 50.3 cm³/mol. The summed E-state index contributed by atoms with van der Waals surface area (Å²) in [4.78, 5) is 7.15. The molecule has 0 amide bonds. The molecule has 1 N–H and O–H groups in total. The van der Waals surface area contributed by atoms with Crippen molar-refractivity contribution in [2.45, 2.75) is 5.38 Å². The van der Waals surface area contributed by atoms with Gasteiger partial charge in [0.15, 0.2) is 5.38 Å². The molecule has 0 radical (unpaired) electrons. The van der Waals surface area contributed by atoms with E-state index in [0.29, 0.717) is 5.82 Å². The molecule has 1 heterocycles. The summed E-state index contributed by atoms with van der Waals surface area (Å²) < 4.78 is 0. The lowest BCUT2D eigenvalue weighted by Gasteiger charge is -1.90. The highest BCUT2D eigenvalue weighted by molar-refractivity contribution is 6.22. The number of alkyl halides is 1. The summed E-state index contributed by atoms with van der Waals surface area (Å²) in [6.45, 7) is 0. The van der Waals surface area contributed by atoms with Gasteiger partial charge in [-0.15, -0.1) is 0 Å². The van der Waals surface area contributed by atoms with E-state index < -0.39 is 5.38 Å². The molecule has 1 aromatic heterocycles. The van der Waals surface area contributed by atoms with Gasteiger partial charge in [-0.05, 0) is 12.1 Å². The van der Waals surface area contributed by atoms with Crippen LogP contribution in [0.1, 0.15) is 11.2 Å². The minimum Gasteiger partial charge on any atom is -0.340 e. The zero-order valence-corrected chi connectivity index (χ0v) is 7.42. The number of para-hydroxylation sites is 2. The SMILES string of the molecule is N#CC(Cl)c1nc2ccccc2[nH]1. The summed E-state index contributed by atoms with van der Waals surface area (Å²) in [6, 6.07) is 9.47. The fourth-order valence-corrected chi connectivity index (χ4v) is 1.26. The lowest BCUT2D eigenvalue weighted by molar-refractivity contribution is 1.05. The molecule has 64 valence electrons. The number of benzene rings is 1. The quantitative estimate of drug-likeness (QED) is 0.704. The Hall–Kier alpha value is -1.53. The van der Waals surface area contributed by atoms with E-state index in [1.165, 1.54) is 0 Å². The van der Waals surface area contributed by atoms with E-state index >= 15 is 0 Å². The maximum Gasteiger partial charge on any atom is 0.177 e. The Balaban J connectivity index is 2.57. The van der Waals surface area contributed by atoms with Gasteiger partial charge in [0.25, 0.3) is 0 Å². The van der Waals surface area contributed by atoms with Crippen molar-refractivity contribution in [3.8, 4) is 6.07 Å². The van der Waals surface area contributed by atoms with Gasteiger partial charge in [-0.3, -0.25) is 0 Å². The molecule has 2 rings (SSSR count). The number of aromatic nitrogens is 2. The van der Waals surface area contributed by atoms with Crippen LogP contribution < -0.4 is 0 Å². The molecule has 0 saturated carbocycles. The second-order valence-electron chi connectivity index (χ2n) is 2.63. The van der Waals surface area contributed by atoms with Crippen molar-refractivity contribution in [1.29, 1.82) is 5.26 Å². The number of H-pyrrole nitrogens is 1. The van der Waals surface area contributed by atoms with Gasteiger partial charge in [0.05, 0.1) is 17.1 Å². The van der Waals surface area contributed by atoms with Gasteiger partial charge in [0.1, 0.15) is 5.82 Å². The zero-order chi connectivity index (χ0) is 9.26. The van der Waals surface area contributed by atoms with E-state index in [0.717, 1.165) is 11.0 Å². The van der Waals surface area contributed by atoms with Crippen LogP contribution >= 0.6 is 11.6 Å². The van der Waals surface area contributed by atoms with E-state index in [4.69, 9.17) is 16.9 Å². The largest absolute Gasteiger partial charge is 0.340 e. The monoisotopic (exact) mass is 191 g/mol. The molecule has 0 saturated heterocycles. The van der Waals surface area contributed by atoms with Crippen LogP contribution in [0.2, 0.25) is 0 Å². The molecule has 0 fully saturated rings.